The van der Waals surface area contributed by atoms with Crippen molar-refractivity contribution in [1.82, 2.24) is 9.97 Å². The minimum atomic E-state index is -0.567. The highest BCUT2D eigenvalue weighted by Crippen LogP contribution is 2.64. The van der Waals surface area contributed by atoms with Gasteiger partial charge in [-0.05, 0) is 99.1 Å². The fourth-order valence-corrected chi connectivity index (χ4v) is 9.17. The summed E-state index contributed by atoms with van der Waals surface area (Å²) < 4.78 is 6.49. The first kappa shape index (κ1) is 27.9. The lowest BCUT2D eigenvalue weighted by Crippen LogP contribution is -2.26. The number of para-hydroxylation sites is 3. The third-order valence-electron chi connectivity index (χ3n) is 11.5. The Balaban J connectivity index is 1.18. The number of rotatable bonds is 2. The highest BCUT2D eigenvalue weighted by atomic mass is 16.3. The van der Waals surface area contributed by atoms with E-state index >= 15 is 0 Å². The van der Waals surface area contributed by atoms with E-state index in [4.69, 9.17) is 14.4 Å². The molecule has 0 bridgehead atoms. The second-order valence-electron chi connectivity index (χ2n) is 14.1. The molecule has 240 valence electrons. The first-order valence-corrected chi connectivity index (χ1v) is 17.8. The van der Waals surface area contributed by atoms with Crippen molar-refractivity contribution in [2.75, 3.05) is 0 Å². The van der Waals surface area contributed by atoms with Crippen LogP contribution in [0.5, 0.6) is 0 Å². The number of benzene rings is 7. The average Bonchev–Trinajstić information content (AvgIpc) is 3.82. The van der Waals surface area contributed by atoms with E-state index < -0.39 is 5.41 Å². The summed E-state index contributed by atoms with van der Waals surface area (Å²) in [6.45, 7) is 0. The van der Waals surface area contributed by atoms with Crippen molar-refractivity contribution in [2.24, 2.45) is 0 Å². The van der Waals surface area contributed by atoms with Crippen LogP contribution in [0.25, 0.3) is 88.5 Å². The Hall–Kier alpha value is -6.84. The Bertz CT molecular complexity index is 3020. The number of nitrogens with zero attached hydrogens (tertiary/aromatic N) is 2. The lowest BCUT2D eigenvalue weighted by atomic mass is 9.70. The molecule has 0 saturated carbocycles. The van der Waals surface area contributed by atoms with Gasteiger partial charge in [0.05, 0.1) is 27.8 Å². The third kappa shape index (κ3) is 3.64. The van der Waals surface area contributed by atoms with E-state index in [1.54, 1.807) is 0 Å². The van der Waals surface area contributed by atoms with E-state index in [-0.39, 0.29) is 0 Å². The van der Waals surface area contributed by atoms with Gasteiger partial charge in [-0.2, -0.15) is 0 Å². The second kappa shape index (κ2) is 10.1. The van der Waals surface area contributed by atoms with Crippen molar-refractivity contribution < 1.29 is 4.42 Å². The predicted octanol–water partition coefficient (Wildman–Crippen LogP) is 12.4. The van der Waals surface area contributed by atoms with Crippen molar-refractivity contribution in [2.45, 2.75) is 5.41 Å². The monoisotopic (exact) mass is 660 g/mol. The maximum absolute atomic E-state index is 6.49. The summed E-state index contributed by atoms with van der Waals surface area (Å²) in [6, 6.07) is 61.3. The lowest BCUT2D eigenvalue weighted by Gasteiger charge is -2.31. The topological polar surface area (TPSA) is 38.9 Å². The van der Waals surface area contributed by atoms with E-state index in [1.165, 1.54) is 44.5 Å². The molecule has 52 heavy (non-hydrogen) atoms. The Morgan fingerprint density at radius 1 is 0.365 bits per heavy atom. The van der Waals surface area contributed by atoms with Crippen molar-refractivity contribution in [3.63, 3.8) is 0 Å². The molecule has 2 aliphatic rings. The maximum Gasteiger partial charge on any atom is 0.136 e. The zero-order valence-electron chi connectivity index (χ0n) is 28.0. The molecule has 0 amide bonds. The quantitative estimate of drug-likeness (QED) is 0.185. The van der Waals surface area contributed by atoms with Gasteiger partial charge in [0.15, 0.2) is 0 Å². The fraction of sp³-hybridized carbons (Fsp3) is 0.0204. The number of aromatic nitrogens is 2. The molecule has 0 atom stereocenters. The lowest BCUT2D eigenvalue weighted by molar-refractivity contribution is 0.669. The number of furan rings is 1. The zero-order chi connectivity index (χ0) is 34.0. The summed E-state index contributed by atoms with van der Waals surface area (Å²) in [5, 5.41) is 4.55. The van der Waals surface area contributed by atoms with Crippen molar-refractivity contribution in [3.05, 3.63) is 192 Å². The van der Waals surface area contributed by atoms with Crippen molar-refractivity contribution in [1.29, 1.82) is 0 Å². The molecule has 7 aromatic carbocycles. The molecular weight excluding hydrogens is 633 g/mol. The normalized spacial score (nSPS) is 13.5. The van der Waals surface area contributed by atoms with Crippen LogP contribution in [0, 0.1) is 0 Å². The molecule has 0 unspecified atom stereocenters. The molecule has 0 saturated heterocycles. The number of pyridine rings is 2. The van der Waals surface area contributed by atoms with Gasteiger partial charge in [0.1, 0.15) is 11.2 Å². The summed E-state index contributed by atoms with van der Waals surface area (Å²) in [7, 11) is 0. The van der Waals surface area contributed by atoms with Crippen LogP contribution in [0.15, 0.2) is 174 Å². The van der Waals surface area contributed by atoms with Crippen LogP contribution in [-0.4, -0.2) is 9.97 Å². The van der Waals surface area contributed by atoms with Gasteiger partial charge in [-0.15, -0.1) is 0 Å². The van der Waals surface area contributed by atoms with E-state index in [0.717, 1.165) is 66.3 Å². The molecule has 3 aromatic heterocycles. The van der Waals surface area contributed by atoms with Gasteiger partial charge in [0, 0.05) is 32.7 Å². The van der Waals surface area contributed by atoms with E-state index in [9.17, 15) is 0 Å². The highest BCUT2D eigenvalue weighted by molar-refractivity contribution is 6.09. The molecular formula is C49H28N2O. The smallest absolute Gasteiger partial charge is 0.136 e. The van der Waals surface area contributed by atoms with E-state index in [2.05, 4.69) is 164 Å². The van der Waals surface area contributed by atoms with Crippen LogP contribution in [0.1, 0.15) is 22.3 Å². The van der Waals surface area contributed by atoms with Crippen LogP contribution < -0.4 is 0 Å². The molecule has 2 aliphatic carbocycles. The Labute approximate surface area is 299 Å². The minimum Gasteiger partial charge on any atom is -0.456 e. The summed E-state index contributed by atoms with van der Waals surface area (Å²) in [4.78, 5) is 10.3. The Morgan fingerprint density at radius 3 is 1.62 bits per heavy atom. The van der Waals surface area contributed by atoms with Crippen LogP contribution in [0.4, 0.5) is 0 Å². The molecule has 12 rings (SSSR count). The molecule has 3 heteroatoms. The number of hydrogen-bond donors (Lipinski definition) is 0. The summed E-state index contributed by atoms with van der Waals surface area (Å²) in [6.07, 6.45) is 0. The number of hydrogen-bond acceptors (Lipinski definition) is 3. The first-order valence-electron chi connectivity index (χ1n) is 17.8. The summed E-state index contributed by atoms with van der Waals surface area (Å²) in [5.74, 6) is 0. The average molecular weight is 661 g/mol. The molecule has 1 spiro atoms. The van der Waals surface area contributed by atoms with Crippen LogP contribution in [0.2, 0.25) is 0 Å². The molecule has 3 heterocycles. The third-order valence-corrected chi connectivity index (χ3v) is 11.5. The van der Waals surface area contributed by atoms with Crippen molar-refractivity contribution in [3.8, 4) is 44.8 Å². The molecule has 0 aliphatic heterocycles. The van der Waals surface area contributed by atoms with Crippen LogP contribution in [-0.2, 0) is 5.41 Å². The molecule has 0 N–H and O–H groups in total. The SMILES string of the molecule is c1ccc2c(c1)-c1cc3oc4ccccc4c3cc1C21c2cc(-c3ccc4ccccc4n3)ccc2-c2ccc(-c3ccc4ccccc4n3)cc21. The standard InChI is InChI=1S/C49H28N2O/c1-6-14-43-29(9-1)19-23-45(50-43)31-17-21-34-35-22-18-32(46-24-20-30-10-2-7-15-44(30)51-46)26-41(35)49(40(34)25-31)39-13-5-3-11-33(39)37-28-48-38(27-42(37)49)36-12-4-8-16-47(36)52-48/h1-28H. The predicted molar refractivity (Wildman–Crippen MR) is 211 cm³/mol. The van der Waals surface area contributed by atoms with Gasteiger partial charge in [-0.25, -0.2) is 9.97 Å². The maximum atomic E-state index is 6.49. The Morgan fingerprint density at radius 2 is 0.923 bits per heavy atom. The minimum absolute atomic E-state index is 0.567. The van der Waals surface area contributed by atoms with E-state index in [1.807, 2.05) is 6.07 Å². The van der Waals surface area contributed by atoms with Gasteiger partial charge in [0.25, 0.3) is 0 Å². The molecule has 3 nitrogen and oxygen atoms in total. The molecule has 0 radical (unpaired) electrons. The van der Waals surface area contributed by atoms with Crippen LogP contribution >= 0.6 is 0 Å². The van der Waals surface area contributed by atoms with Gasteiger partial charge >= 0.3 is 0 Å². The van der Waals surface area contributed by atoms with Gasteiger partial charge in [-0.1, -0.05) is 115 Å². The van der Waals surface area contributed by atoms with Crippen molar-refractivity contribution >= 4 is 43.7 Å². The van der Waals surface area contributed by atoms with Gasteiger partial charge in [-0.3, -0.25) is 0 Å². The van der Waals surface area contributed by atoms with E-state index in [0.29, 0.717) is 0 Å². The van der Waals surface area contributed by atoms with Crippen LogP contribution in [0.3, 0.4) is 0 Å². The summed E-state index contributed by atoms with van der Waals surface area (Å²) in [5.41, 5.74) is 17.5. The highest BCUT2D eigenvalue weighted by Gasteiger charge is 2.52. The zero-order valence-corrected chi connectivity index (χ0v) is 28.0. The molecule has 10 aromatic rings. The summed E-state index contributed by atoms with van der Waals surface area (Å²) >= 11 is 0. The largest absolute Gasteiger partial charge is 0.456 e. The first-order chi connectivity index (χ1) is 25.7. The van der Waals surface area contributed by atoms with Gasteiger partial charge < -0.3 is 4.42 Å². The Kier molecular flexibility index (Phi) is 5.43. The number of fused-ring (bicyclic) bond motifs is 15. The molecule has 0 fully saturated rings. The fourth-order valence-electron chi connectivity index (χ4n) is 9.17. The second-order valence-corrected chi connectivity index (χ2v) is 14.1. The van der Waals surface area contributed by atoms with Gasteiger partial charge in [0.2, 0.25) is 0 Å².